The lowest BCUT2D eigenvalue weighted by Crippen LogP contribution is -2.28. The number of nitrogens with zero attached hydrogens (tertiary/aromatic N) is 1. The second kappa shape index (κ2) is 8.04. The van der Waals surface area contributed by atoms with Crippen molar-refractivity contribution in [3.8, 4) is 11.5 Å². The Balaban J connectivity index is 1.86. The Morgan fingerprint density at radius 1 is 1.25 bits per heavy atom. The van der Waals surface area contributed by atoms with Gasteiger partial charge in [0.05, 0.1) is 6.61 Å². The fourth-order valence-corrected chi connectivity index (χ4v) is 4.66. The highest BCUT2D eigenvalue weighted by molar-refractivity contribution is 7.10. The summed E-state index contributed by atoms with van der Waals surface area (Å²) in [5.74, 6) is 0.888. The molecule has 0 radical (unpaired) electrons. The van der Waals surface area contributed by atoms with Gasteiger partial charge in [-0.2, -0.15) is 0 Å². The Morgan fingerprint density at radius 2 is 2.12 bits per heavy atom. The lowest BCUT2D eigenvalue weighted by atomic mass is 10.0. The molecule has 3 nitrogen and oxygen atoms in total. The SMILES string of the molecule is CCOc1cccc(CN2CCCCC[C@H]2c2sccc2C)c1O. The summed E-state index contributed by atoms with van der Waals surface area (Å²) in [5, 5.41) is 12.7. The Bertz CT molecular complexity index is 667. The van der Waals surface area contributed by atoms with Gasteiger partial charge in [-0.3, -0.25) is 4.90 Å². The van der Waals surface area contributed by atoms with E-state index in [0.717, 1.165) is 18.7 Å². The standard InChI is InChI=1S/C20H27NO2S/c1-3-23-18-10-7-8-16(19(18)22)14-21-12-6-4-5-9-17(21)20-15(2)11-13-24-20/h7-8,10-11,13,17,22H,3-6,9,12,14H2,1-2H3/t17-/m0/s1. The number of hydrogen-bond acceptors (Lipinski definition) is 4. The molecule has 130 valence electrons. The van der Waals surface area contributed by atoms with Gasteiger partial charge in [0.15, 0.2) is 11.5 Å². The minimum atomic E-state index is 0.297. The average Bonchev–Trinajstić information content (AvgIpc) is 2.86. The number of aromatic hydroxyl groups is 1. The molecule has 1 aromatic carbocycles. The number of phenols is 1. The van der Waals surface area contributed by atoms with E-state index in [2.05, 4.69) is 23.3 Å². The summed E-state index contributed by atoms with van der Waals surface area (Å²) in [7, 11) is 0. The van der Waals surface area contributed by atoms with Crippen LogP contribution in [0.4, 0.5) is 0 Å². The van der Waals surface area contributed by atoms with Crippen molar-refractivity contribution in [2.45, 2.75) is 52.1 Å². The van der Waals surface area contributed by atoms with Crippen LogP contribution < -0.4 is 4.74 Å². The summed E-state index contributed by atoms with van der Waals surface area (Å²) in [6, 6.07) is 8.51. The highest BCUT2D eigenvalue weighted by Crippen LogP contribution is 2.38. The lowest BCUT2D eigenvalue weighted by Gasteiger charge is -2.30. The first kappa shape index (κ1) is 17.3. The van der Waals surface area contributed by atoms with Crippen LogP contribution in [-0.4, -0.2) is 23.2 Å². The summed E-state index contributed by atoms with van der Waals surface area (Å²) in [4.78, 5) is 4.02. The molecule has 1 aromatic heterocycles. The molecule has 1 atom stereocenters. The largest absolute Gasteiger partial charge is 0.504 e. The van der Waals surface area contributed by atoms with Crippen LogP contribution in [0.3, 0.4) is 0 Å². The van der Waals surface area contributed by atoms with Gasteiger partial charge in [-0.25, -0.2) is 0 Å². The number of aryl methyl sites for hydroxylation is 1. The topological polar surface area (TPSA) is 32.7 Å². The number of benzene rings is 1. The zero-order valence-electron chi connectivity index (χ0n) is 14.6. The fourth-order valence-electron chi connectivity index (χ4n) is 3.57. The Kier molecular flexibility index (Phi) is 5.80. The molecular formula is C20H27NO2S. The molecule has 0 spiro atoms. The van der Waals surface area contributed by atoms with E-state index < -0.39 is 0 Å². The molecule has 1 fully saturated rings. The highest BCUT2D eigenvalue weighted by Gasteiger charge is 2.26. The average molecular weight is 346 g/mol. The molecule has 1 saturated heterocycles. The number of hydrogen-bond donors (Lipinski definition) is 1. The lowest BCUT2D eigenvalue weighted by molar-refractivity contribution is 0.192. The van der Waals surface area contributed by atoms with Crippen LogP contribution in [0, 0.1) is 6.92 Å². The van der Waals surface area contributed by atoms with Crippen molar-refractivity contribution in [3.05, 3.63) is 45.6 Å². The van der Waals surface area contributed by atoms with Crippen molar-refractivity contribution in [1.82, 2.24) is 4.90 Å². The van der Waals surface area contributed by atoms with Crippen LogP contribution in [0.2, 0.25) is 0 Å². The molecule has 1 N–H and O–H groups in total. The van der Waals surface area contributed by atoms with Crippen molar-refractivity contribution in [3.63, 3.8) is 0 Å². The monoisotopic (exact) mass is 345 g/mol. The molecule has 0 unspecified atom stereocenters. The maximum absolute atomic E-state index is 10.5. The van der Waals surface area contributed by atoms with Crippen LogP contribution in [0.15, 0.2) is 29.6 Å². The number of thiophene rings is 1. The minimum Gasteiger partial charge on any atom is -0.504 e. The Hall–Kier alpha value is -1.52. The predicted octanol–water partition coefficient (Wildman–Crippen LogP) is 5.28. The minimum absolute atomic E-state index is 0.297. The van der Waals surface area contributed by atoms with E-state index in [1.54, 1.807) is 0 Å². The summed E-state index contributed by atoms with van der Waals surface area (Å²) in [5.41, 5.74) is 2.35. The zero-order chi connectivity index (χ0) is 16.9. The molecule has 4 heteroatoms. The molecular weight excluding hydrogens is 318 g/mol. The van der Waals surface area contributed by atoms with E-state index >= 15 is 0 Å². The number of phenolic OH excluding ortho intramolecular Hbond substituents is 1. The summed E-state index contributed by atoms with van der Waals surface area (Å²) in [6.07, 6.45) is 5.01. The van der Waals surface area contributed by atoms with Crippen molar-refractivity contribution in [2.24, 2.45) is 0 Å². The molecule has 1 aliphatic heterocycles. The van der Waals surface area contributed by atoms with Crippen molar-refractivity contribution >= 4 is 11.3 Å². The second-order valence-corrected chi connectivity index (χ2v) is 7.45. The first-order chi connectivity index (χ1) is 11.7. The van der Waals surface area contributed by atoms with Gasteiger partial charge in [-0.05, 0) is 56.3 Å². The molecule has 0 bridgehead atoms. The number of ether oxygens (including phenoxy) is 1. The van der Waals surface area contributed by atoms with Gasteiger partial charge >= 0.3 is 0 Å². The summed E-state index contributed by atoms with van der Waals surface area (Å²) in [6.45, 7) is 6.57. The van der Waals surface area contributed by atoms with Gasteiger partial charge in [0.2, 0.25) is 0 Å². The summed E-state index contributed by atoms with van der Waals surface area (Å²) >= 11 is 1.87. The van der Waals surface area contributed by atoms with Crippen LogP contribution in [0.5, 0.6) is 11.5 Å². The third kappa shape index (κ3) is 3.76. The normalized spacial score (nSPS) is 19.2. The highest BCUT2D eigenvalue weighted by atomic mass is 32.1. The summed E-state index contributed by atoms with van der Waals surface area (Å²) < 4.78 is 5.54. The Labute approximate surface area is 148 Å². The molecule has 24 heavy (non-hydrogen) atoms. The maximum atomic E-state index is 10.5. The van der Waals surface area contributed by atoms with Gasteiger partial charge in [0.25, 0.3) is 0 Å². The molecule has 3 rings (SSSR count). The third-order valence-electron chi connectivity index (χ3n) is 4.82. The number of likely N-dealkylation sites (tertiary alicyclic amines) is 1. The van der Waals surface area contributed by atoms with Gasteiger partial charge in [0, 0.05) is 23.0 Å². The number of para-hydroxylation sites is 1. The van der Waals surface area contributed by atoms with E-state index in [-0.39, 0.29) is 0 Å². The fraction of sp³-hybridized carbons (Fsp3) is 0.500. The van der Waals surface area contributed by atoms with Crippen LogP contribution >= 0.6 is 11.3 Å². The molecule has 0 aliphatic carbocycles. The van der Waals surface area contributed by atoms with Crippen LogP contribution in [0.1, 0.15) is 54.7 Å². The van der Waals surface area contributed by atoms with E-state index in [9.17, 15) is 5.11 Å². The van der Waals surface area contributed by atoms with Crippen LogP contribution in [0.25, 0.3) is 0 Å². The van der Waals surface area contributed by atoms with Gasteiger partial charge < -0.3 is 9.84 Å². The van der Waals surface area contributed by atoms with E-state index in [0.29, 0.717) is 24.1 Å². The van der Waals surface area contributed by atoms with E-state index in [1.807, 2.05) is 36.5 Å². The predicted molar refractivity (Wildman–Crippen MR) is 100.0 cm³/mol. The zero-order valence-corrected chi connectivity index (χ0v) is 15.4. The quantitative estimate of drug-likeness (QED) is 0.800. The maximum Gasteiger partial charge on any atom is 0.162 e. The third-order valence-corrected chi connectivity index (χ3v) is 5.94. The van der Waals surface area contributed by atoms with Gasteiger partial charge in [-0.1, -0.05) is 25.0 Å². The molecule has 0 amide bonds. The van der Waals surface area contributed by atoms with Crippen molar-refractivity contribution in [2.75, 3.05) is 13.2 Å². The first-order valence-corrected chi connectivity index (χ1v) is 9.80. The molecule has 0 saturated carbocycles. The van der Waals surface area contributed by atoms with Crippen LogP contribution in [-0.2, 0) is 6.54 Å². The van der Waals surface area contributed by atoms with Gasteiger partial charge in [-0.15, -0.1) is 11.3 Å². The van der Waals surface area contributed by atoms with E-state index in [4.69, 9.17) is 4.74 Å². The molecule has 2 aromatic rings. The van der Waals surface area contributed by atoms with Crippen molar-refractivity contribution < 1.29 is 9.84 Å². The smallest absolute Gasteiger partial charge is 0.162 e. The molecule has 1 aliphatic rings. The Morgan fingerprint density at radius 3 is 2.88 bits per heavy atom. The molecule has 2 heterocycles. The first-order valence-electron chi connectivity index (χ1n) is 8.92. The number of rotatable bonds is 5. The second-order valence-electron chi connectivity index (χ2n) is 6.50. The van der Waals surface area contributed by atoms with Crippen molar-refractivity contribution in [1.29, 1.82) is 0 Å². The van der Waals surface area contributed by atoms with E-state index in [1.165, 1.54) is 36.1 Å². The van der Waals surface area contributed by atoms with Gasteiger partial charge in [0.1, 0.15) is 0 Å².